The number of hydrogen-bond donors (Lipinski definition) is 3. The summed E-state index contributed by atoms with van der Waals surface area (Å²) in [4.78, 5) is 14.0. The quantitative estimate of drug-likeness (QED) is 0.583. The summed E-state index contributed by atoms with van der Waals surface area (Å²) in [6.45, 7) is 6.94. The molecule has 4 aliphatic carbocycles. The molecular weight excluding hydrogens is 452 g/mol. The first-order valence-electron chi connectivity index (χ1n) is 14.6. The fourth-order valence-electron chi connectivity index (χ4n) is 9.98. The summed E-state index contributed by atoms with van der Waals surface area (Å²) in [7, 11) is 2.20. The largest absolute Gasteiger partial charge is 0.431 e. The van der Waals surface area contributed by atoms with Gasteiger partial charge in [0.05, 0.1) is 17.5 Å². The fourth-order valence-corrected chi connectivity index (χ4v) is 9.98. The topological polar surface area (TPSA) is 85.9 Å². The van der Waals surface area contributed by atoms with Gasteiger partial charge in [0.2, 0.25) is 0 Å². The molecule has 1 aromatic heterocycles. The van der Waals surface area contributed by atoms with Crippen LogP contribution in [0.15, 0.2) is 27.6 Å². The third-order valence-electron chi connectivity index (χ3n) is 12.3. The average Bonchev–Trinajstić information content (AvgIpc) is 3.13. The summed E-state index contributed by atoms with van der Waals surface area (Å²) in [5.41, 5.74) is -1.03. The smallest absolute Gasteiger partial charge is 0.335 e. The Bertz CT molecular complexity index is 1020. The normalized spacial score (nSPS) is 47.7. The van der Waals surface area contributed by atoms with E-state index in [1.165, 1.54) is 18.9 Å². The average molecular weight is 499 g/mol. The number of likely N-dealkylation sites (tertiary alicyclic amines) is 1. The minimum absolute atomic E-state index is 0.143. The van der Waals surface area contributed by atoms with Gasteiger partial charge in [-0.3, -0.25) is 0 Å². The molecule has 4 saturated carbocycles. The third kappa shape index (κ3) is 3.61. The second-order valence-electron chi connectivity index (χ2n) is 13.7. The van der Waals surface area contributed by atoms with Crippen LogP contribution < -0.4 is 10.9 Å². The molecule has 5 aliphatic rings. The van der Waals surface area contributed by atoms with E-state index in [1.807, 2.05) is 6.07 Å². The highest BCUT2D eigenvalue weighted by molar-refractivity contribution is 5.27. The Morgan fingerprint density at radius 1 is 0.889 bits per heavy atom. The number of piperidine rings is 1. The molecule has 0 aromatic carbocycles. The molecule has 8 atom stereocenters. The van der Waals surface area contributed by atoms with Gasteiger partial charge < -0.3 is 24.8 Å². The van der Waals surface area contributed by atoms with Gasteiger partial charge >= 0.3 is 5.63 Å². The molecule has 3 N–H and O–H groups in total. The van der Waals surface area contributed by atoms with Crippen molar-refractivity contribution in [3.8, 4) is 0 Å². The van der Waals surface area contributed by atoms with Crippen molar-refractivity contribution >= 4 is 0 Å². The van der Waals surface area contributed by atoms with Gasteiger partial charge in [-0.15, -0.1) is 0 Å². The van der Waals surface area contributed by atoms with Crippen LogP contribution in [-0.2, 0) is 0 Å². The van der Waals surface area contributed by atoms with E-state index < -0.39 is 11.2 Å². The number of rotatable bonds is 3. The van der Waals surface area contributed by atoms with E-state index >= 15 is 0 Å². The first kappa shape index (κ1) is 25.1. The molecule has 0 radical (unpaired) electrons. The number of nitrogens with one attached hydrogen (secondary N) is 1. The molecule has 0 amide bonds. The molecule has 0 spiro atoms. The second kappa shape index (κ2) is 8.65. The van der Waals surface area contributed by atoms with Crippen LogP contribution in [0.25, 0.3) is 0 Å². The van der Waals surface area contributed by atoms with Crippen LogP contribution in [0.5, 0.6) is 0 Å². The molecule has 1 saturated heterocycles. The van der Waals surface area contributed by atoms with Gasteiger partial charge in [-0.05, 0) is 126 Å². The van der Waals surface area contributed by atoms with Crippen LogP contribution in [0, 0.1) is 22.7 Å². The third-order valence-corrected chi connectivity index (χ3v) is 12.3. The van der Waals surface area contributed by atoms with E-state index in [2.05, 4.69) is 31.1 Å². The van der Waals surface area contributed by atoms with Crippen LogP contribution in [0.2, 0.25) is 0 Å². The van der Waals surface area contributed by atoms with E-state index in [0.717, 1.165) is 76.4 Å². The lowest BCUT2D eigenvalue weighted by Crippen LogP contribution is -2.68. The first-order valence-corrected chi connectivity index (χ1v) is 14.6. The summed E-state index contributed by atoms with van der Waals surface area (Å²) in [5.74, 6) is 0.780. The molecule has 1 aromatic rings. The van der Waals surface area contributed by atoms with Crippen molar-refractivity contribution in [3.63, 3.8) is 0 Å². The molecule has 200 valence electrons. The Morgan fingerprint density at radius 2 is 1.61 bits per heavy atom. The maximum atomic E-state index is 12.4. The Labute approximate surface area is 215 Å². The van der Waals surface area contributed by atoms with E-state index in [1.54, 1.807) is 6.26 Å². The molecule has 6 heteroatoms. The zero-order valence-corrected chi connectivity index (χ0v) is 22.5. The summed E-state index contributed by atoms with van der Waals surface area (Å²) in [6.07, 6.45) is 12.5. The van der Waals surface area contributed by atoms with Gasteiger partial charge in [0.15, 0.2) is 0 Å². The predicted molar refractivity (Wildman–Crippen MR) is 140 cm³/mol. The molecule has 0 unspecified atom stereocenters. The van der Waals surface area contributed by atoms with Gasteiger partial charge in [-0.2, -0.15) is 0 Å². The van der Waals surface area contributed by atoms with Gasteiger partial charge in [0.25, 0.3) is 0 Å². The van der Waals surface area contributed by atoms with Crippen LogP contribution in [-0.4, -0.2) is 58.5 Å². The molecule has 2 heterocycles. The van der Waals surface area contributed by atoms with Gasteiger partial charge in [0, 0.05) is 23.6 Å². The Balaban J connectivity index is 1.21. The van der Waals surface area contributed by atoms with Crippen LogP contribution >= 0.6 is 0 Å². The number of aliphatic hydroxyl groups is 2. The van der Waals surface area contributed by atoms with E-state index in [4.69, 9.17) is 4.42 Å². The molecule has 0 bridgehead atoms. The highest BCUT2D eigenvalue weighted by Gasteiger charge is 2.69. The summed E-state index contributed by atoms with van der Waals surface area (Å²) < 4.78 is 5.23. The van der Waals surface area contributed by atoms with Gasteiger partial charge in [0.1, 0.15) is 0 Å². The van der Waals surface area contributed by atoms with Crippen molar-refractivity contribution in [3.05, 3.63) is 34.4 Å². The number of fused-ring (bicyclic) bond motifs is 5. The first-order chi connectivity index (χ1) is 17.1. The Morgan fingerprint density at radius 3 is 2.33 bits per heavy atom. The van der Waals surface area contributed by atoms with Gasteiger partial charge in [-0.1, -0.05) is 13.8 Å². The van der Waals surface area contributed by atoms with Crippen molar-refractivity contribution < 1.29 is 14.6 Å². The predicted octanol–water partition coefficient (Wildman–Crippen LogP) is 4.05. The number of hydrogen-bond acceptors (Lipinski definition) is 6. The second-order valence-corrected chi connectivity index (χ2v) is 13.7. The van der Waals surface area contributed by atoms with Crippen molar-refractivity contribution in [2.24, 2.45) is 22.7 Å². The van der Waals surface area contributed by atoms with Crippen molar-refractivity contribution in [2.45, 2.75) is 114 Å². The Kier molecular flexibility index (Phi) is 6.03. The van der Waals surface area contributed by atoms with Crippen LogP contribution in [0.4, 0.5) is 0 Å². The minimum atomic E-state index is -0.732. The molecule has 6 rings (SSSR count). The maximum absolute atomic E-state index is 12.4. The lowest BCUT2D eigenvalue weighted by molar-refractivity contribution is -0.247. The SMILES string of the molecule is CN1CCC(N[C@H]2CC[C@]3(C)[C@H]4CC[C@]5(C)[C@@H](c6ccc(=O)oc6)CC[C@]5(O)[C@@H]4CC[C@]3(O)C2)CC1. The molecule has 1 aliphatic heterocycles. The lowest BCUT2D eigenvalue weighted by atomic mass is 9.42. The van der Waals surface area contributed by atoms with Crippen LogP contribution in [0.1, 0.15) is 96.0 Å². The fraction of sp³-hybridized carbons (Fsp3) is 0.833. The zero-order chi connectivity index (χ0) is 25.3. The van der Waals surface area contributed by atoms with E-state index in [0.29, 0.717) is 18.0 Å². The highest BCUT2D eigenvalue weighted by Crippen LogP contribution is 2.71. The molecular formula is C30H46N2O4. The van der Waals surface area contributed by atoms with Crippen molar-refractivity contribution in [1.82, 2.24) is 10.2 Å². The summed E-state index contributed by atoms with van der Waals surface area (Å²) in [6, 6.07) is 4.39. The monoisotopic (exact) mass is 498 g/mol. The highest BCUT2D eigenvalue weighted by atomic mass is 16.4. The van der Waals surface area contributed by atoms with E-state index in [9.17, 15) is 15.0 Å². The van der Waals surface area contributed by atoms with Crippen molar-refractivity contribution in [2.75, 3.05) is 20.1 Å². The molecule has 6 nitrogen and oxygen atoms in total. The molecule has 5 fully saturated rings. The zero-order valence-electron chi connectivity index (χ0n) is 22.5. The summed E-state index contributed by atoms with van der Waals surface area (Å²) in [5, 5.41) is 28.6. The standard InChI is InChI=1S/C30H46N2O4/c1-27-12-6-22(31-21-10-16-32(3)17-11-21)18-29(27,34)14-8-25-24(27)7-13-28(2)23(9-15-30(25,28)35)20-4-5-26(33)36-19-20/h4-5,19,21-25,31,34-35H,6-18H2,1-3H3/t22-,23+,24-,25+,27+,28+,29-,30-/m0/s1. The Hall–Kier alpha value is -1.21. The summed E-state index contributed by atoms with van der Waals surface area (Å²) >= 11 is 0. The van der Waals surface area contributed by atoms with E-state index in [-0.39, 0.29) is 28.3 Å². The van der Waals surface area contributed by atoms with Crippen LogP contribution in [0.3, 0.4) is 0 Å². The lowest BCUT2D eigenvalue weighted by Gasteiger charge is -2.66. The molecule has 36 heavy (non-hydrogen) atoms. The van der Waals surface area contributed by atoms with Crippen molar-refractivity contribution in [1.29, 1.82) is 0 Å². The van der Waals surface area contributed by atoms with Gasteiger partial charge in [-0.25, -0.2) is 4.79 Å². The number of nitrogens with zero attached hydrogens (tertiary/aromatic N) is 1. The maximum Gasteiger partial charge on any atom is 0.335 e. The minimum Gasteiger partial charge on any atom is -0.431 e.